The van der Waals surface area contributed by atoms with Gasteiger partial charge in [-0.05, 0) is 60.7 Å². The van der Waals surface area contributed by atoms with E-state index in [1.165, 1.54) is 28.8 Å². The third-order valence-electron chi connectivity index (χ3n) is 4.29. The number of carbonyl (C=O) groups excluding carboxylic acids is 1. The Balaban J connectivity index is 1.66. The summed E-state index contributed by atoms with van der Waals surface area (Å²) >= 11 is 6.98. The van der Waals surface area contributed by atoms with Crippen LogP contribution in [-0.2, 0) is 4.79 Å². The fourth-order valence-corrected chi connectivity index (χ4v) is 3.83. The molecule has 30 heavy (non-hydrogen) atoms. The standard InChI is InChI=1S/C22H15ClFN3O2S/c23-14-5-9-16(10-6-14)25-20(28)13-30-22-26-19-4-2-1-3-18(19)21(29)27(22)17-11-7-15(24)8-12-17/h1-12H,13H2,(H,25,28). The van der Waals surface area contributed by atoms with Gasteiger partial charge in [0.1, 0.15) is 5.82 Å². The van der Waals surface area contributed by atoms with Crippen molar-refractivity contribution in [3.8, 4) is 5.69 Å². The van der Waals surface area contributed by atoms with Crippen molar-refractivity contribution in [1.29, 1.82) is 0 Å². The molecule has 0 atom stereocenters. The average Bonchev–Trinajstić information content (AvgIpc) is 2.75. The molecule has 1 heterocycles. The molecule has 0 fully saturated rings. The van der Waals surface area contributed by atoms with Crippen LogP contribution in [0.3, 0.4) is 0 Å². The van der Waals surface area contributed by atoms with Crippen LogP contribution in [0.2, 0.25) is 5.02 Å². The molecule has 0 saturated heterocycles. The second-order valence-electron chi connectivity index (χ2n) is 6.37. The highest BCUT2D eigenvalue weighted by Gasteiger charge is 2.15. The lowest BCUT2D eigenvalue weighted by Gasteiger charge is -2.13. The third kappa shape index (κ3) is 4.37. The van der Waals surface area contributed by atoms with Crippen molar-refractivity contribution in [2.45, 2.75) is 5.16 Å². The van der Waals surface area contributed by atoms with E-state index in [1.54, 1.807) is 48.5 Å². The molecule has 0 radical (unpaired) electrons. The van der Waals surface area contributed by atoms with Crippen LogP contribution in [0.5, 0.6) is 0 Å². The second kappa shape index (κ2) is 8.69. The van der Waals surface area contributed by atoms with E-state index in [0.717, 1.165) is 11.8 Å². The average molecular weight is 440 g/mol. The van der Waals surface area contributed by atoms with E-state index in [2.05, 4.69) is 10.3 Å². The van der Waals surface area contributed by atoms with Gasteiger partial charge in [0.25, 0.3) is 5.56 Å². The molecule has 5 nitrogen and oxygen atoms in total. The third-order valence-corrected chi connectivity index (χ3v) is 5.48. The first kappa shape index (κ1) is 20.1. The monoisotopic (exact) mass is 439 g/mol. The Morgan fingerprint density at radius 2 is 1.73 bits per heavy atom. The first-order chi connectivity index (χ1) is 14.5. The maximum absolute atomic E-state index is 13.4. The highest BCUT2D eigenvalue weighted by molar-refractivity contribution is 7.99. The number of hydrogen-bond acceptors (Lipinski definition) is 4. The number of hydrogen-bond donors (Lipinski definition) is 1. The summed E-state index contributed by atoms with van der Waals surface area (Å²) in [6.45, 7) is 0. The van der Waals surface area contributed by atoms with Crippen molar-refractivity contribution in [2.24, 2.45) is 0 Å². The van der Waals surface area contributed by atoms with E-state index in [0.29, 0.717) is 32.5 Å². The topological polar surface area (TPSA) is 64.0 Å². The minimum Gasteiger partial charge on any atom is -0.325 e. The Morgan fingerprint density at radius 1 is 1.03 bits per heavy atom. The molecule has 0 spiro atoms. The van der Waals surface area contributed by atoms with Crippen LogP contribution in [0.25, 0.3) is 16.6 Å². The van der Waals surface area contributed by atoms with Crippen LogP contribution in [0, 0.1) is 5.82 Å². The van der Waals surface area contributed by atoms with Gasteiger partial charge in [-0.3, -0.25) is 14.2 Å². The molecule has 4 rings (SSSR count). The number of benzene rings is 3. The molecular formula is C22H15ClFN3O2S. The highest BCUT2D eigenvalue weighted by Crippen LogP contribution is 2.22. The number of fused-ring (bicyclic) bond motifs is 1. The molecule has 1 aromatic heterocycles. The SMILES string of the molecule is O=C(CSc1nc2ccccc2c(=O)n1-c1ccc(F)cc1)Nc1ccc(Cl)cc1. The second-order valence-corrected chi connectivity index (χ2v) is 7.75. The van der Waals surface area contributed by atoms with Crippen LogP contribution in [0.1, 0.15) is 0 Å². The summed E-state index contributed by atoms with van der Waals surface area (Å²) in [5.41, 5.74) is 1.34. The van der Waals surface area contributed by atoms with Crippen LogP contribution in [0.15, 0.2) is 82.7 Å². The number of rotatable bonds is 5. The summed E-state index contributed by atoms with van der Waals surface area (Å²) in [5.74, 6) is -0.623. The maximum Gasteiger partial charge on any atom is 0.266 e. The van der Waals surface area contributed by atoms with Crippen molar-refractivity contribution in [1.82, 2.24) is 9.55 Å². The van der Waals surface area contributed by atoms with E-state index >= 15 is 0 Å². The Labute approximate surface area is 180 Å². The van der Waals surface area contributed by atoms with Gasteiger partial charge in [0, 0.05) is 10.7 Å². The van der Waals surface area contributed by atoms with Gasteiger partial charge in [0.2, 0.25) is 5.91 Å². The predicted molar refractivity (Wildman–Crippen MR) is 118 cm³/mol. The molecule has 1 N–H and O–H groups in total. The zero-order valence-corrected chi connectivity index (χ0v) is 17.1. The van der Waals surface area contributed by atoms with Crippen molar-refractivity contribution >= 4 is 45.9 Å². The van der Waals surface area contributed by atoms with Gasteiger partial charge in [-0.15, -0.1) is 0 Å². The summed E-state index contributed by atoms with van der Waals surface area (Å²) < 4.78 is 14.8. The predicted octanol–water partition coefficient (Wildman–Crippen LogP) is 4.91. The molecule has 0 aliphatic heterocycles. The summed E-state index contributed by atoms with van der Waals surface area (Å²) in [6.07, 6.45) is 0. The number of carbonyl (C=O) groups is 1. The summed E-state index contributed by atoms with van der Waals surface area (Å²) in [6, 6.07) is 19.3. The number of nitrogens with zero attached hydrogens (tertiary/aromatic N) is 2. The van der Waals surface area contributed by atoms with Crippen molar-refractivity contribution in [2.75, 3.05) is 11.1 Å². The number of amides is 1. The molecule has 4 aromatic rings. The van der Waals surface area contributed by atoms with Crippen LogP contribution >= 0.6 is 23.4 Å². The molecule has 0 bridgehead atoms. The molecule has 150 valence electrons. The zero-order chi connectivity index (χ0) is 21.1. The number of nitrogens with one attached hydrogen (secondary N) is 1. The van der Waals surface area contributed by atoms with Crippen LogP contribution < -0.4 is 10.9 Å². The van der Waals surface area contributed by atoms with Gasteiger partial charge in [-0.1, -0.05) is 35.5 Å². The van der Waals surface area contributed by atoms with Crippen LogP contribution in [0.4, 0.5) is 10.1 Å². The lowest BCUT2D eigenvalue weighted by Crippen LogP contribution is -2.23. The summed E-state index contributed by atoms with van der Waals surface area (Å²) in [4.78, 5) is 30.0. The fourth-order valence-electron chi connectivity index (χ4n) is 2.89. The molecule has 0 unspecified atom stereocenters. The molecule has 0 aliphatic carbocycles. The van der Waals surface area contributed by atoms with Gasteiger partial charge in [0.05, 0.1) is 22.3 Å². The van der Waals surface area contributed by atoms with E-state index in [1.807, 2.05) is 0 Å². The Morgan fingerprint density at radius 3 is 2.47 bits per heavy atom. The minimum absolute atomic E-state index is 0.0363. The minimum atomic E-state index is -0.405. The summed E-state index contributed by atoms with van der Waals surface area (Å²) in [7, 11) is 0. The zero-order valence-electron chi connectivity index (χ0n) is 15.5. The number of para-hydroxylation sites is 1. The first-order valence-corrected chi connectivity index (χ1v) is 10.3. The normalized spacial score (nSPS) is 10.9. The maximum atomic E-state index is 13.4. The van der Waals surface area contributed by atoms with Crippen molar-refractivity contribution < 1.29 is 9.18 Å². The quantitative estimate of drug-likeness (QED) is 0.354. The Bertz CT molecular complexity index is 1270. The summed E-state index contributed by atoms with van der Waals surface area (Å²) in [5, 5.41) is 4.14. The first-order valence-electron chi connectivity index (χ1n) is 8.97. The van der Waals surface area contributed by atoms with Gasteiger partial charge < -0.3 is 5.32 Å². The smallest absolute Gasteiger partial charge is 0.266 e. The van der Waals surface area contributed by atoms with Crippen molar-refractivity contribution in [3.63, 3.8) is 0 Å². The van der Waals surface area contributed by atoms with E-state index in [9.17, 15) is 14.0 Å². The van der Waals surface area contributed by atoms with E-state index in [-0.39, 0.29) is 17.2 Å². The van der Waals surface area contributed by atoms with Crippen LogP contribution in [-0.4, -0.2) is 21.2 Å². The Kier molecular flexibility index (Phi) is 5.83. The van der Waals surface area contributed by atoms with Gasteiger partial charge in [-0.25, -0.2) is 9.37 Å². The van der Waals surface area contributed by atoms with Gasteiger partial charge >= 0.3 is 0 Å². The molecule has 8 heteroatoms. The number of anilines is 1. The highest BCUT2D eigenvalue weighted by atomic mass is 35.5. The number of aromatic nitrogens is 2. The molecule has 1 amide bonds. The molecule has 0 saturated carbocycles. The fraction of sp³-hybridized carbons (Fsp3) is 0.0455. The largest absolute Gasteiger partial charge is 0.325 e. The van der Waals surface area contributed by atoms with Crippen molar-refractivity contribution in [3.05, 3.63) is 94.0 Å². The lowest BCUT2D eigenvalue weighted by atomic mass is 10.2. The molecule has 3 aromatic carbocycles. The Hall–Kier alpha value is -3.16. The molecular weight excluding hydrogens is 425 g/mol. The van der Waals surface area contributed by atoms with E-state index in [4.69, 9.17) is 11.6 Å². The number of halogens is 2. The van der Waals surface area contributed by atoms with Gasteiger partial charge in [0.15, 0.2) is 5.16 Å². The van der Waals surface area contributed by atoms with Gasteiger partial charge in [-0.2, -0.15) is 0 Å². The number of thioether (sulfide) groups is 1. The lowest BCUT2D eigenvalue weighted by molar-refractivity contribution is -0.113. The van der Waals surface area contributed by atoms with E-state index < -0.39 is 5.82 Å². The molecule has 0 aliphatic rings.